The van der Waals surface area contributed by atoms with Crippen molar-refractivity contribution in [3.63, 3.8) is 0 Å². The predicted molar refractivity (Wildman–Crippen MR) is 72.6 cm³/mol. The Labute approximate surface area is 122 Å². The Morgan fingerprint density at radius 2 is 2.10 bits per heavy atom. The maximum Gasteiger partial charge on any atom is 0.573 e. The Kier molecular flexibility index (Phi) is 6.12. The monoisotopic (exact) mass is 354 g/mol. The second kappa shape index (κ2) is 7.37. The summed E-state index contributed by atoms with van der Waals surface area (Å²) < 4.78 is 40.2. The molecule has 0 atom stereocenters. The minimum absolute atomic E-state index is 0.0475. The number of amides is 1. The van der Waals surface area contributed by atoms with E-state index in [1.54, 1.807) is 0 Å². The Morgan fingerprint density at radius 3 is 2.65 bits per heavy atom. The van der Waals surface area contributed by atoms with Gasteiger partial charge in [0.15, 0.2) is 0 Å². The van der Waals surface area contributed by atoms with E-state index in [2.05, 4.69) is 31.3 Å². The summed E-state index contributed by atoms with van der Waals surface area (Å²) in [5, 5.41) is 5.48. The van der Waals surface area contributed by atoms with E-state index in [9.17, 15) is 18.0 Å². The minimum Gasteiger partial charge on any atom is -0.405 e. The molecular weight excluding hydrogens is 341 g/mol. The summed E-state index contributed by atoms with van der Waals surface area (Å²) in [6.45, 7) is 2.57. The maximum absolute atomic E-state index is 12.1. The number of nitrogens with one attached hydrogen (secondary N) is 2. The van der Waals surface area contributed by atoms with Gasteiger partial charge in [0.25, 0.3) is 0 Å². The summed E-state index contributed by atoms with van der Waals surface area (Å²) in [6, 6.07) is 3.98. The number of carbonyl (C=O) groups excluding carboxylic acids is 1. The lowest BCUT2D eigenvalue weighted by molar-refractivity contribution is -0.274. The summed E-state index contributed by atoms with van der Waals surface area (Å²) in [7, 11) is 0. The molecule has 0 aliphatic heterocycles. The molecule has 1 amide bonds. The number of hydrogen-bond donors (Lipinski definition) is 2. The van der Waals surface area contributed by atoms with E-state index in [1.807, 2.05) is 6.92 Å². The van der Waals surface area contributed by atoms with Crippen molar-refractivity contribution < 1.29 is 22.7 Å². The fraction of sp³-hybridized carbons (Fsp3) is 0.417. The van der Waals surface area contributed by atoms with Gasteiger partial charge >= 0.3 is 6.36 Å². The van der Waals surface area contributed by atoms with Crippen LogP contribution in [0, 0.1) is 0 Å². The Bertz CT molecular complexity index is 467. The number of hydrogen-bond acceptors (Lipinski definition) is 3. The van der Waals surface area contributed by atoms with Crippen molar-refractivity contribution in [1.29, 1.82) is 0 Å². The molecule has 0 heterocycles. The van der Waals surface area contributed by atoms with Gasteiger partial charge in [-0.3, -0.25) is 4.79 Å². The van der Waals surface area contributed by atoms with Crippen LogP contribution in [0.25, 0.3) is 0 Å². The van der Waals surface area contributed by atoms with Crippen LogP contribution in [0.1, 0.15) is 13.3 Å². The highest BCUT2D eigenvalue weighted by Gasteiger charge is 2.31. The van der Waals surface area contributed by atoms with Gasteiger partial charge in [0.1, 0.15) is 5.75 Å². The topological polar surface area (TPSA) is 50.4 Å². The highest BCUT2D eigenvalue weighted by Crippen LogP contribution is 2.32. The van der Waals surface area contributed by atoms with E-state index < -0.39 is 6.36 Å². The number of halogens is 4. The zero-order valence-corrected chi connectivity index (χ0v) is 12.3. The smallest absolute Gasteiger partial charge is 0.405 e. The molecule has 2 N–H and O–H groups in total. The van der Waals surface area contributed by atoms with Gasteiger partial charge in [-0.05, 0) is 40.5 Å². The summed E-state index contributed by atoms with van der Waals surface area (Å²) in [4.78, 5) is 11.4. The molecule has 1 aromatic rings. The van der Waals surface area contributed by atoms with Crippen LogP contribution >= 0.6 is 15.9 Å². The standard InChI is InChI=1S/C12H14BrF3N2O2/c1-2-5-17-11(19)7-18-8-3-4-10(9(13)6-8)20-12(14,15)16/h3-4,6,18H,2,5,7H2,1H3,(H,17,19). The molecular formula is C12H14BrF3N2O2. The Balaban J connectivity index is 2.57. The normalized spacial score (nSPS) is 11.1. The highest BCUT2D eigenvalue weighted by molar-refractivity contribution is 9.10. The van der Waals surface area contributed by atoms with E-state index in [1.165, 1.54) is 18.2 Å². The molecule has 0 unspecified atom stereocenters. The number of alkyl halides is 3. The van der Waals surface area contributed by atoms with E-state index in [0.717, 1.165) is 6.42 Å². The van der Waals surface area contributed by atoms with Gasteiger partial charge in [0, 0.05) is 12.2 Å². The maximum atomic E-state index is 12.1. The Hall–Kier alpha value is -1.44. The molecule has 1 aromatic carbocycles. The zero-order chi connectivity index (χ0) is 15.2. The van der Waals surface area contributed by atoms with Crippen molar-refractivity contribution in [3.05, 3.63) is 22.7 Å². The van der Waals surface area contributed by atoms with Crippen LogP contribution in [0.4, 0.5) is 18.9 Å². The van der Waals surface area contributed by atoms with Crippen molar-refractivity contribution in [2.45, 2.75) is 19.7 Å². The molecule has 0 aliphatic rings. The third kappa shape index (κ3) is 6.14. The van der Waals surface area contributed by atoms with Gasteiger partial charge in [0.05, 0.1) is 11.0 Å². The largest absolute Gasteiger partial charge is 0.573 e. The number of carbonyl (C=O) groups is 1. The van der Waals surface area contributed by atoms with Crippen LogP contribution in [-0.4, -0.2) is 25.4 Å². The van der Waals surface area contributed by atoms with Gasteiger partial charge in [-0.15, -0.1) is 13.2 Å². The van der Waals surface area contributed by atoms with Crippen LogP contribution in [0.15, 0.2) is 22.7 Å². The third-order valence-corrected chi connectivity index (χ3v) is 2.80. The lowest BCUT2D eigenvalue weighted by atomic mass is 10.3. The Morgan fingerprint density at radius 1 is 1.40 bits per heavy atom. The van der Waals surface area contributed by atoms with Gasteiger partial charge < -0.3 is 15.4 Å². The summed E-state index contributed by atoms with van der Waals surface area (Å²) in [5.74, 6) is -0.517. The van der Waals surface area contributed by atoms with Crippen LogP contribution in [0.2, 0.25) is 0 Å². The number of benzene rings is 1. The first-order chi connectivity index (χ1) is 9.31. The average Bonchev–Trinajstić information content (AvgIpc) is 2.35. The number of ether oxygens (including phenoxy) is 1. The fourth-order valence-electron chi connectivity index (χ4n) is 1.33. The van der Waals surface area contributed by atoms with E-state index in [4.69, 9.17) is 0 Å². The second-order valence-electron chi connectivity index (χ2n) is 3.90. The molecule has 0 saturated heterocycles. The van der Waals surface area contributed by atoms with Gasteiger partial charge in [-0.2, -0.15) is 0 Å². The van der Waals surface area contributed by atoms with Crippen molar-refractivity contribution in [3.8, 4) is 5.75 Å². The van der Waals surface area contributed by atoms with E-state index in [-0.39, 0.29) is 22.7 Å². The average molecular weight is 355 g/mol. The zero-order valence-electron chi connectivity index (χ0n) is 10.7. The molecule has 0 aliphatic carbocycles. The van der Waals surface area contributed by atoms with Crippen molar-refractivity contribution in [2.24, 2.45) is 0 Å². The van der Waals surface area contributed by atoms with Gasteiger partial charge in [-0.1, -0.05) is 6.92 Å². The second-order valence-corrected chi connectivity index (χ2v) is 4.75. The molecule has 0 fully saturated rings. The first-order valence-corrected chi connectivity index (χ1v) is 6.67. The molecule has 112 valence electrons. The summed E-state index contributed by atoms with van der Waals surface area (Å²) in [6.07, 6.45) is -3.90. The molecule has 20 heavy (non-hydrogen) atoms. The van der Waals surface area contributed by atoms with Crippen LogP contribution in [0.3, 0.4) is 0 Å². The molecule has 0 bridgehead atoms. The van der Waals surface area contributed by atoms with Crippen molar-refractivity contribution in [2.75, 3.05) is 18.4 Å². The van der Waals surface area contributed by atoms with Crippen molar-refractivity contribution in [1.82, 2.24) is 5.32 Å². The number of rotatable bonds is 6. The van der Waals surface area contributed by atoms with E-state index in [0.29, 0.717) is 12.2 Å². The summed E-state index contributed by atoms with van der Waals surface area (Å²) in [5.41, 5.74) is 0.512. The minimum atomic E-state index is -4.74. The SMILES string of the molecule is CCCNC(=O)CNc1ccc(OC(F)(F)F)c(Br)c1. The third-order valence-electron chi connectivity index (χ3n) is 2.18. The molecule has 4 nitrogen and oxygen atoms in total. The van der Waals surface area contributed by atoms with Crippen LogP contribution in [0.5, 0.6) is 5.75 Å². The van der Waals surface area contributed by atoms with E-state index >= 15 is 0 Å². The first-order valence-electron chi connectivity index (χ1n) is 5.87. The van der Waals surface area contributed by atoms with Crippen LogP contribution < -0.4 is 15.4 Å². The highest BCUT2D eigenvalue weighted by atomic mass is 79.9. The number of anilines is 1. The molecule has 8 heteroatoms. The predicted octanol–water partition coefficient (Wildman–Crippen LogP) is 3.29. The molecule has 0 spiro atoms. The lowest BCUT2D eigenvalue weighted by Gasteiger charge is -2.12. The molecule has 0 saturated carbocycles. The summed E-state index contributed by atoms with van der Waals surface area (Å²) >= 11 is 2.98. The molecule has 0 aromatic heterocycles. The quantitative estimate of drug-likeness (QED) is 0.824. The molecule has 0 radical (unpaired) electrons. The fourth-order valence-corrected chi connectivity index (χ4v) is 1.79. The van der Waals surface area contributed by atoms with Gasteiger partial charge in [-0.25, -0.2) is 0 Å². The first kappa shape index (κ1) is 16.6. The van der Waals surface area contributed by atoms with Crippen molar-refractivity contribution >= 4 is 27.5 Å². The lowest BCUT2D eigenvalue weighted by Crippen LogP contribution is -2.30. The molecule has 1 rings (SSSR count). The van der Waals surface area contributed by atoms with Crippen LogP contribution in [-0.2, 0) is 4.79 Å². The van der Waals surface area contributed by atoms with Gasteiger partial charge in [0.2, 0.25) is 5.91 Å².